The van der Waals surface area contributed by atoms with E-state index in [-0.39, 0.29) is 5.56 Å². The molecule has 0 amide bonds. The fourth-order valence-electron chi connectivity index (χ4n) is 3.64. The van der Waals surface area contributed by atoms with Crippen LogP contribution in [-0.4, -0.2) is 19.8 Å². The van der Waals surface area contributed by atoms with Crippen LogP contribution in [0.5, 0.6) is 0 Å². The molecule has 27 heavy (non-hydrogen) atoms. The highest BCUT2D eigenvalue weighted by Gasteiger charge is 2.23. The van der Waals surface area contributed by atoms with Gasteiger partial charge in [-0.3, -0.25) is 4.79 Å². The summed E-state index contributed by atoms with van der Waals surface area (Å²) in [6.07, 6.45) is 0.951. The Kier molecular flexibility index (Phi) is 5.03. The molecule has 0 heterocycles. The van der Waals surface area contributed by atoms with E-state index in [9.17, 15) is 13.2 Å². The van der Waals surface area contributed by atoms with Gasteiger partial charge < -0.3 is 0 Å². The van der Waals surface area contributed by atoms with Gasteiger partial charge in [-0.1, -0.05) is 60.2 Å². The van der Waals surface area contributed by atoms with Crippen LogP contribution >= 0.6 is 0 Å². The molecule has 0 aliphatic rings. The third kappa shape index (κ3) is 3.71. The molecule has 0 saturated heterocycles. The lowest BCUT2D eigenvalue weighted by atomic mass is 9.87. The Morgan fingerprint density at radius 1 is 0.741 bits per heavy atom. The lowest BCUT2D eigenvalue weighted by Crippen LogP contribution is -2.14. The molecule has 4 heteroatoms. The Labute approximate surface area is 160 Å². The summed E-state index contributed by atoms with van der Waals surface area (Å²) in [4.78, 5) is 12.5. The van der Waals surface area contributed by atoms with Crippen molar-refractivity contribution >= 4 is 15.0 Å². The molecule has 0 bridgehead atoms. The molecule has 0 aliphatic heterocycles. The van der Waals surface area contributed by atoms with Gasteiger partial charge in [0, 0.05) is 11.8 Å². The van der Waals surface area contributed by atoms with Crippen molar-refractivity contribution in [3.05, 3.63) is 82.9 Å². The predicted octanol–water partition coefficient (Wildman–Crippen LogP) is 5.13. The van der Waals surface area contributed by atoms with Gasteiger partial charge in [0.25, 0.3) is 5.12 Å². The number of aryl methyl sites for hydroxylation is 3. The predicted molar refractivity (Wildman–Crippen MR) is 111 cm³/mol. The highest BCUT2D eigenvalue weighted by atomic mass is 32.2. The van der Waals surface area contributed by atoms with Gasteiger partial charge in [-0.05, 0) is 60.2 Å². The smallest absolute Gasteiger partial charge is 0.276 e. The van der Waals surface area contributed by atoms with Crippen molar-refractivity contribution in [2.24, 2.45) is 0 Å². The fraction of sp³-hybridized carbons (Fsp3) is 0.174. The van der Waals surface area contributed by atoms with E-state index in [1.165, 1.54) is 5.56 Å². The van der Waals surface area contributed by atoms with Crippen LogP contribution in [0.4, 0.5) is 0 Å². The summed E-state index contributed by atoms with van der Waals surface area (Å²) in [5.74, 6) is 0. The lowest BCUT2D eigenvalue weighted by molar-refractivity contribution is 0.107. The van der Waals surface area contributed by atoms with E-state index in [0.717, 1.165) is 34.1 Å². The molecule has 0 atom stereocenters. The van der Waals surface area contributed by atoms with Crippen LogP contribution in [0.1, 0.15) is 27.0 Å². The van der Waals surface area contributed by atoms with E-state index >= 15 is 0 Å². The molecule has 0 fully saturated rings. The van der Waals surface area contributed by atoms with Gasteiger partial charge in [0.2, 0.25) is 9.84 Å². The average Bonchev–Trinajstić information content (AvgIpc) is 2.60. The summed E-state index contributed by atoms with van der Waals surface area (Å²) in [7, 11) is -3.82. The van der Waals surface area contributed by atoms with Gasteiger partial charge in [-0.15, -0.1) is 0 Å². The van der Waals surface area contributed by atoms with Crippen LogP contribution < -0.4 is 0 Å². The third-order valence-corrected chi connectivity index (χ3v) is 5.54. The molecule has 0 saturated carbocycles. The summed E-state index contributed by atoms with van der Waals surface area (Å²) in [5.41, 5.74) is 7.26. The van der Waals surface area contributed by atoms with Crippen molar-refractivity contribution in [1.29, 1.82) is 0 Å². The number of hydrogen-bond acceptors (Lipinski definition) is 3. The van der Waals surface area contributed by atoms with Crippen molar-refractivity contribution in [2.75, 3.05) is 6.26 Å². The maximum atomic E-state index is 12.5. The molecule has 0 radical (unpaired) electrons. The largest absolute Gasteiger partial charge is 0.276 e. The van der Waals surface area contributed by atoms with Gasteiger partial charge in [0.1, 0.15) is 0 Å². The quantitative estimate of drug-likeness (QED) is 0.635. The molecule has 3 rings (SSSR count). The molecule has 3 nitrogen and oxygen atoms in total. The molecule has 3 aromatic rings. The number of rotatable bonds is 3. The minimum Gasteiger partial charge on any atom is -0.276 e. The Morgan fingerprint density at radius 3 is 1.78 bits per heavy atom. The highest BCUT2D eigenvalue weighted by molar-refractivity contribution is 8.06. The number of hydrogen-bond donors (Lipinski definition) is 0. The summed E-state index contributed by atoms with van der Waals surface area (Å²) in [6.45, 7) is 6.20. The Balaban J connectivity index is 2.31. The van der Waals surface area contributed by atoms with Gasteiger partial charge in [0.15, 0.2) is 0 Å². The van der Waals surface area contributed by atoms with Gasteiger partial charge >= 0.3 is 0 Å². The Bertz CT molecular complexity index is 1120. The molecule has 0 spiro atoms. The first-order valence-electron chi connectivity index (χ1n) is 8.71. The van der Waals surface area contributed by atoms with Crippen LogP contribution in [-0.2, 0) is 9.84 Å². The first-order valence-corrected chi connectivity index (χ1v) is 10.6. The zero-order chi connectivity index (χ0) is 19.8. The summed E-state index contributed by atoms with van der Waals surface area (Å²) >= 11 is 0. The van der Waals surface area contributed by atoms with Gasteiger partial charge in [-0.25, -0.2) is 8.42 Å². The Morgan fingerprint density at radius 2 is 1.22 bits per heavy atom. The molecule has 0 aliphatic carbocycles. The number of sulfone groups is 1. The molecule has 138 valence electrons. The fourth-order valence-corrected chi connectivity index (χ4v) is 4.21. The van der Waals surface area contributed by atoms with E-state index < -0.39 is 15.0 Å². The topological polar surface area (TPSA) is 51.2 Å². The van der Waals surface area contributed by atoms with E-state index in [1.54, 1.807) is 18.2 Å². The van der Waals surface area contributed by atoms with E-state index in [4.69, 9.17) is 0 Å². The molecular formula is C23H22O3S. The number of carbonyl (C=O) groups is 1. The van der Waals surface area contributed by atoms with Crippen LogP contribution in [0.15, 0.2) is 60.7 Å². The lowest BCUT2D eigenvalue weighted by Gasteiger charge is -2.17. The van der Waals surface area contributed by atoms with Gasteiger partial charge in [0.05, 0.1) is 0 Å². The van der Waals surface area contributed by atoms with Crippen LogP contribution in [0.25, 0.3) is 22.3 Å². The van der Waals surface area contributed by atoms with E-state index in [0.29, 0.717) is 5.56 Å². The van der Waals surface area contributed by atoms with E-state index in [2.05, 4.69) is 32.9 Å². The second kappa shape index (κ2) is 7.12. The van der Waals surface area contributed by atoms with Crippen molar-refractivity contribution in [3.63, 3.8) is 0 Å². The minimum absolute atomic E-state index is 0.204. The molecule has 0 N–H and O–H groups in total. The van der Waals surface area contributed by atoms with Crippen LogP contribution in [0.3, 0.4) is 0 Å². The van der Waals surface area contributed by atoms with Gasteiger partial charge in [-0.2, -0.15) is 0 Å². The van der Waals surface area contributed by atoms with Crippen molar-refractivity contribution in [3.8, 4) is 22.3 Å². The van der Waals surface area contributed by atoms with Crippen LogP contribution in [0.2, 0.25) is 0 Å². The summed E-state index contributed by atoms with van der Waals surface area (Å²) in [5, 5.41) is -0.856. The molecule has 0 unspecified atom stereocenters. The SMILES string of the molecule is Cc1cc(C)c(-c2ccccc2-c2ccccc2C(=O)S(C)(=O)=O)c(C)c1. The van der Waals surface area contributed by atoms with Crippen molar-refractivity contribution in [1.82, 2.24) is 0 Å². The molecule has 0 aromatic heterocycles. The monoisotopic (exact) mass is 378 g/mol. The highest BCUT2D eigenvalue weighted by Crippen LogP contribution is 2.37. The summed E-state index contributed by atoms with van der Waals surface area (Å²) < 4.78 is 23.7. The van der Waals surface area contributed by atoms with Crippen molar-refractivity contribution in [2.45, 2.75) is 20.8 Å². The second-order valence-electron chi connectivity index (χ2n) is 6.92. The first kappa shape index (κ1) is 19.1. The Hall–Kier alpha value is -2.72. The first-order chi connectivity index (χ1) is 12.7. The second-order valence-corrected chi connectivity index (χ2v) is 8.84. The standard InChI is InChI=1S/C23H22O3S/c1-15-13-16(2)22(17(3)14-15)20-11-7-5-9-18(20)19-10-6-8-12-21(19)23(24)27(4,25)26/h5-14H,1-4H3. The summed E-state index contributed by atoms with van der Waals surface area (Å²) in [6, 6.07) is 19.0. The average molecular weight is 378 g/mol. The van der Waals surface area contributed by atoms with Crippen molar-refractivity contribution < 1.29 is 13.2 Å². The van der Waals surface area contributed by atoms with Crippen LogP contribution in [0, 0.1) is 20.8 Å². The number of carbonyl (C=O) groups excluding carboxylic acids is 1. The third-order valence-electron chi connectivity index (χ3n) is 4.65. The zero-order valence-corrected chi connectivity index (χ0v) is 16.7. The molecule has 3 aromatic carbocycles. The molecular weight excluding hydrogens is 356 g/mol. The maximum Gasteiger partial charge on any atom is 0.276 e. The van der Waals surface area contributed by atoms with E-state index in [1.807, 2.05) is 30.3 Å². The minimum atomic E-state index is -3.82. The zero-order valence-electron chi connectivity index (χ0n) is 15.9. The maximum absolute atomic E-state index is 12.5. The normalized spacial score (nSPS) is 11.4. The number of benzene rings is 3.